The Morgan fingerprint density at radius 3 is 2.44 bits per heavy atom. The van der Waals surface area contributed by atoms with Crippen LogP contribution in [0.2, 0.25) is 5.02 Å². The molecule has 0 saturated carbocycles. The lowest BCUT2D eigenvalue weighted by atomic mass is 10.2. The third-order valence-electron chi connectivity index (χ3n) is 3.47. The molecule has 2 aromatic carbocycles. The quantitative estimate of drug-likeness (QED) is 0.765. The molecule has 0 aromatic heterocycles. The molecule has 0 spiro atoms. The fourth-order valence-electron chi connectivity index (χ4n) is 2.22. The fraction of sp³-hybridized carbons (Fsp3) is 0.235. The summed E-state index contributed by atoms with van der Waals surface area (Å²) in [4.78, 5) is 13.3. The van der Waals surface area contributed by atoms with E-state index < -0.39 is 38.9 Å². The van der Waals surface area contributed by atoms with E-state index in [1.807, 2.05) is 0 Å². The highest BCUT2D eigenvalue weighted by atomic mass is 35.5. The highest BCUT2D eigenvalue weighted by Gasteiger charge is 2.21. The van der Waals surface area contributed by atoms with Crippen LogP contribution in [0.15, 0.2) is 42.5 Å². The Bertz CT molecular complexity index is 887. The predicted molar refractivity (Wildman–Crippen MR) is 91.8 cm³/mol. The van der Waals surface area contributed by atoms with Crippen molar-refractivity contribution in [3.63, 3.8) is 0 Å². The van der Waals surface area contributed by atoms with Crippen molar-refractivity contribution in [2.24, 2.45) is 0 Å². The molecule has 0 N–H and O–H groups in total. The van der Waals surface area contributed by atoms with Crippen LogP contribution in [0.3, 0.4) is 0 Å². The highest BCUT2D eigenvalue weighted by molar-refractivity contribution is 7.91. The lowest BCUT2D eigenvalue weighted by Crippen LogP contribution is -2.32. The van der Waals surface area contributed by atoms with Crippen LogP contribution in [-0.4, -0.2) is 32.0 Å². The number of hydrogen-bond acceptors (Lipinski definition) is 3. The average Bonchev–Trinajstić information content (AvgIpc) is 2.49. The molecule has 2 aromatic rings. The van der Waals surface area contributed by atoms with Gasteiger partial charge in [-0.1, -0.05) is 29.8 Å². The Kier molecular flexibility index (Phi) is 6.13. The maximum atomic E-state index is 13.2. The van der Waals surface area contributed by atoms with Crippen molar-refractivity contribution in [2.75, 3.05) is 12.8 Å². The average molecular weight is 388 g/mol. The summed E-state index contributed by atoms with van der Waals surface area (Å²) in [6.45, 7) is 0.0867. The number of nitrogens with zero attached hydrogens (tertiary/aromatic N) is 1. The summed E-state index contributed by atoms with van der Waals surface area (Å²) in [5, 5.41) is -0.0101. The van der Waals surface area contributed by atoms with Crippen molar-refractivity contribution in [3.05, 3.63) is 70.2 Å². The van der Waals surface area contributed by atoms with Crippen molar-refractivity contribution >= 4 is 27.3 Å². The molecule has 25 heavy (non-hydrogen) atoms. The summed E-state index contributed by atoms with van der Waals surface area (Å²) in [7, 11) is -2.35. The van der Waals surface area contributed by atoms with E-state index in [0.717, 1.165) is 12.1 Å². The summed E-state index contributed by atoms with van der Waals surface area (Å²) < 4.78 is 50.6. The minimum absolute atomic E-state index is 0.0101. The SMILES string of the molecule is CN(Cc1cccc(F)c1)C(=O)CS(=O)(=O)Cc1ccc(F)cc1Cl. The van der Waals surface area contributed by atoms with Crippen molar-refractivity contribution in [3.8, 4) is 0 Å². The molecule has 0 bridgehead atoms. The smallest absolute Gasteiger partial charge is 0.237 e. The maximum Gasteiger partial charge on any atom is 0.237 e. The second-order valence-electron chi connectivity index (χ2n) is 5.65. The molecule has 2 rings (SSSR count). The molecule has 0 aliphatic rings. The van der Waals surface area contributed by atoms with Crippen molar-refractivity contribution in [1.82, 2.24) is 4.90 Å². The van der Waals surface area contributed by atoms with Gasteiger partial charge in [0.2, 0.25) is 5.91 Å². The molecular formula is C17H16ClF2NO3S. The van der Waals surface area contributed by atoms with Gasteiger partial charge in [0.25, 0.3) is 0 Å². The van der Waals surface area contributed by atoms with Gasteiger partial charge in [0.05, 0.1) is 5.75 Å². The third kappa shape index (κ3) is 5.79. The van der Waals surface area contributed by atoms with Crippen molar-refractivity contribution < 1.29 is 22.0 Å². The normalized spacial score (nSPS) is 11.4. The number of benzene rings is 2. The van der Waals surface area contributed by atoms with E-state index in [9.17, 15) is 22.0 Å². The summed E-state index contributed by atoms with van der Waals surface area (Å²) in [6.07, 6.45) is 0. The van der Waals surface area contributed by atoms with Gasteiger partial charge in [0.15, 0.2) is 9.84 Å². The summed E-state index contributed by atoms with van der Waals surface area (Å²) in [5.41, 5.74) is 0.776. The van der Waals surface area contributed by atoms with Crippen molar-refractivity contribution in [1.29, 1.82) is 0 Å². The lowest BCUT2D eigenvalue weighted by molar-refractivity contribution is -0.127. The van der Waals surface area contributed by atoms with Crippen molar-refractivity contribution in [2.45, 2.75) is 12.3 Å². The third-order valence-corrected chi connectivity index (χ3v) is 5.26. The Hall–Kier alpha value is -1.99. The highest BCUT2D eigenvalue weighted by Crippen LogP contribution is 2.20. The number of hydrogen-bond donors (Lipinski definition) is 0. The van der Waals surface area contributed by atoms with Crippen LogP contribution in [0.1, 0.15) is 11.1 Å². The number of carbonyl (C=O) groups excluding carboxylic acids is 1. The van der Waals surface area contributed by atoms with Gasteiger partial charge in [-0.25, -0.2) is 17.2 Å². The molecule has 0 radical (unpaired) electrons. The first-order chi connectivity index (χ1) is 11.7. The molecule has 0 unspecified atom stereocenters. The number of sulfone groups is 1. The van der Waals surface area contributed by atoms with E-state index in [1.165, 1.54) is 36.2 Å². The molecule has 1 amide bonds. The van der Waals surface area contributed by atoms with Gasteiger partial charge in [-0.05, 0) is 35.4 Å². The number of halogens is 3. The summed E-state index contributed by atoms with van der Waals surface area (Å²) >= 11 is 5.82. The largest absolute Gasteiger partial charge is 0.341 e. The topological polar surface area (TPSA) is 54.5 Å². The molecule has 0 saturated heterocycles. The van der Waals surface area contributed by atoms with E-state index in [4.69, 9.17) is 11.6 Å². The molecule has 134 valence electrons. The van der Waals surface area contributed by atoms with Crippen LogP contribution in [0.5, 0.6) is 0 Å². The van der Waals surface area contributed by atoms with Gasteiger partial charge in [0.1, 0.15) is 17.4 Å². The molecule has 0 aliphatic carbocycles. The van der Waals surface area contributed by atoms with Crippen LogP contribution < -0.4 is 0 Å². The predicted octanol–water partition coefficient (Wildman–Crippen LogP) is 3.19. The van der Waals surface area contributed by atoms with E-state index in [-0.39, 0.29) is 17.1 Å². The Morgan fingerprint density at radius 2 is 1.80 bits per heavy atom. The zero-order valence-corrected chi connectivity index (χ0v) is 14.9. The van der Waals surface area contributed by atoms with Crippen LogP contribution in [-0.2, 0) is 26.9 Å². The summed E-state index contributed by atoms with van der Waals surface area (Å²) in [6, 6.07) is 9.10. The van der Waals surface area contributed by atoms with Gasteiger partial charge >= 0.3 is 0 Å². The van der Waals surface area contributed by atoms with Crippen LogP contribution in [0.25, 0.3) is 0 Å². The number of carbonyl (C=O) groups is 1. The van der Waals surface area contributed by atoms with E-state index >= 15 is 0 Å². The standard InChI is InChI=1S/C17H16ClF2NO3S/c1-21(9-12-3-2-4-14(19)7-12)17(22)11-25(23,24)10-13-5-6-15(20)8-16(13)18/h2-8H,9-11H2,1H3. The lowest BCUT2D eigenvalue weighted by Gasteiger charge is -2.17. The molecular weight excluding hydrogens is 372 g/mol. The van der Waals surface area contributed by atoms with Gasteiger partial charge in [-0.3, -0.25) is 4.79 Å². The van der Waals surface area contributed by atoms with Gasteiger partial charge < -0.3 is 4.90 Å². The van der Waals surface area contributed by atoms with Crippen LogP contribution in [0.4, 0.5) is 8.78 Å². The number of rotatable bonds is 6. The minimum atomic E-state index is -3.79. The van der Waals surface area contributed by atoms with E-state index in [1.54, 1.807) is 6.07 Å². The first-order valence-electron chi connectivity index (χ1n) is 7.29. The van der Waals surface area contributed by atoms with E-state index in [0.29, 0.717) is 5.56 Å². The molecule has 8 heteroatoms. The molecule has 0 aliphatic heterocycles. The monoisotopic (exact) mass is 387 g/mol. The van der Waals surface area contributed by atoms with Crippen LogP contribution in [0, 0.1) is 11.6 Å². The minimum Gasteiger partial charge on any atom is -0.341 e. The second kappa shape index (κ2) is 7.93. The molecule has 0 atom stereocenters. The molecule has 0 heterocycles. The Labute approximate surface area is 149 Å². The van der Waals surface area contributed by atoms with Gasteiger partial charge in [-0.15, -0.1) is 0 Å². The fourth-order valence-corrected chi connectivity index (χ4v) is 3.96. The van der Waals surface area contributed by atoms with Gasteiger partial charge in [-0.2, -0.15) is 0 Å². The molecule has 4 nitrogen and oxygen atoms in total. The molecule has 0 fully saturated rings. The Balaban J connectivity index is 2.02. The van der Waals surface area contributed by atoms with E-state index in [2.05, 4.69) is 0 Å². The maximum absolute atomic E-state index is 13.2. The first-order valence-corrected chi connectivity index (χ1v) is 9.49. The van der Waals surface area contributed by atoms with Crippen LogP contribution >= 0.6 is 11.6 Å². The zero-order valence-electron chi connectivity index (χ0n) is 13.4. The summed E-state index contributed by atoms with van der Waals surface area (Å²) in [5.74, 6) is -2.81. The van der Waals surface area contributed by atoms with Gasteiger partial charge in [0, 0.05) is 18.6 Å². The first kappa shape index (κ1) is 19.3. The number of amides is 1. The Morgan fingerprint density at radius 1 is 1.12 bits per heavy atom. The second-order valence-corrected chi connectivity index (χ2v) is 8.12. The zero-order chi connectivity index (χ0) is 18.6.